The highest BCUT2D eigenvalue weighted by Gasteiger charge is 2.09. The predicted molar refractivity (Wildman–Crippen MR) is 85.3 cm³/mol. The molecule has 0 atom stereocenters. The lowest BCUT2D eigenvalue weighted by Gasteiger charge is -2.09. The minimum Gasteiger partial charge on any atom is -0.380 e. The van der Waals surface area contributed by atoms with Crippen molar-refractivity contribution in [1.82, 2.24) is 0 Å². The second-order valence-electron chi connectivity index (χ2n) is 4.52. The first-order valence-corrected chi connectivity index (χ1v) is 7.14. The molecular weight excluding hydrogens is 336 g/mol. The van der Waals surface area contributed by atoms with Crippen molar-refractivity contribution in [3.05, 3.63) is 68.2 Å². The number of anilines is 1. The van der Waals surface area contributed by atoms with Crippen LogP contribution >= 0.6 is 15.9 Å². The number of nitrogens with one attached hydrogen (secondary N) is 1. The van der Waals surface area contributed by atoms with Crippen LogP contribution < -0.4 is 5.32 Å². The van der Waals surface area contributed by atoms with E-state index in [1.807, 2.05) is 24.3 Å². The minimum absolute atomic E-state index is 0.0659. The first-order valence-electron chi connectivity index (χ1n) is 6.34. The third kappa shape index (κ3) is 4.27. The molecule has 0 bridgehead atoms. The lowest BCUT2D eigenvalue weighted by molar-refractivity contribution is -0.384. The molecule has 0 aromatic heterocycles. The summed E-state index contributed by atoms with van der Waals surface area (Å²) in [6.45, 7) is 1.18. The number of non-ortho nitro benzene ring substituents is 1. The van der Waals surface area contributed by atoms with Crippen LogP contribution in [0.2, 0.25) is 0 Å². The molecule has 2 rings (SSSR count). The molecule has 0 aliphatic carbocycles. The summed E-state index contributed by atoms with van der Waals surface area (Å²) < 4.78 is 5.86. The number of nitro groups is 1. The van der Waals surface area contributed by atoms with Crippen molar-refractivity contribution in [2.45, 2.75) is 13.2 Å². The number of ether oxygens (including phenoxy) is 1. The number of benzene rings is 2. The number of nitrogens with zero attached hydrogens (tertiary/aromatic N) is 1. The van der Waals surface area contributed by atoms with Gasteiger partial charge >= 0.3 is 0 Å². The fraction of sp³-hybridized carbons (Fsp3) is 0.200. The van der Waals surface area contributed by atoms with Crippen molar-refractivity contribution in [2.24, 2.45) is 0 Å². The molecule has 0 saturated heterocycles. The number of halogens is 1. The van der Waals surface area contributed by atoms with Crippen molar-refractivity contribution >= 4 is 27.3 Å². The fourth-order valence-corrected chi connectivity index (χ4v) is 2.27. The van der Waals surface area contributed by atoms with Gasteiger partial charge in [0.2, 0.25) is 0 Å². The number of methoxy groups -OCH3 is 1. The van der Waals surface area contributed by atoms with Gasteiger partial charge in [-0.3, -0.25) is 10.1 Å². The molecule has 2 aromatic carbocycles. The first kappa shape index (κ1) is 15.5. The molecule has 0 spiro atoms. The van der Waals surface area contributed by atoms with Crippen molar-refractivity contribution in [1.29, 1.82) is 0 Å². The highest BCUT2D eigenvalue weighted by atomic mass is 79.9. The Kier molecular flexibility index (Phi) is 5.30. The maximum atomic E-state index is 10.8. The van der Waals surface area contributed by atoms with Crippen LogP contribution in [0, 0.1) is 10.1 Å². The Hall–Kier alpha value is -1.92. The molecule has 110 valence electrons. The summed E-state index contributed by atoms with van der Waals surface area (Å²) in [6.07, 6.45) is 0. The summed E-state index contributed by atoms with van der Waals surface area (Å²) in [5.41, 5.74) is 2.97. The van der Waals surface area contributed by atoms with E-state index in [-0.39, 0.29) is 5.69 Å². The lowest BCUT2D eigenvalue weighted by Crippen LogP contribution is -2.01. The number of hydrogen-bond donors (Lipinski definition) is 1. The highest BCUT2D eigenvalue weighted by Crippen LogP contribution is 2.27. The molecule has 6 heteroatoms. The van der Waals surface area contributed by atoms with Crippen molar-refractivity contribution in [3.8, 4) is 0 Å². The summed E-state index contributed by atoms with van der Waals surface area (Å²) in [5.74, 6) is 0. The van der Waals surface area contributed by atoms with E-state index in [1.165, 1.54) is 12.1 Å². The van der Waals surface area contributed by atoms with E-state index in [2.05, 4.69) is 21.2 Å². The SMILES string of the molecule is COCc1ccc(CNc2cc([N+](=O)[O-])ccc2Br)cc1. The molecular formula is C15H15BrN2O3. The Morgan fingerprint density at radius 2 is 1.86 bits per heavy atom. The Morgan fingerprint density at radius 1 is 1.19 bits per heavy atom. The van der Waals surface area contributed by atoms with Gasteiger partial charge in [0.1, 0.15) is 0 Å². The average molecular weight is 351 g/mol. The first-order chi connectivity index (χ1) is 10.1. The summed E-state index contributed by atoms with van der Waals surface area (Å²) in [4.78, 5) is 10.4. The van der Waals surface area contributed by atoms with Crippen LogP contribution in [-0.4, -0.2) is 12.0 Å². The van der Waals surface area contributed by atoms with Crippen LogP contribution in [0.3, 0.4) is 0 Å². The van der Waals surface area contributed by atoms with Gasteiger partial charge < -0.3 is 10.1 Å². The van der Waals surface area contributed by atoms with E-state index in [4.69, 9.17) is 4.74 Å². The summed E-state index contributed by atoms with van der Waals surface area (Å²) >= 11 is 3.38. The average Bonchev–Trinajstić information content (AvgIpc) is 2.48. The third-order valence-electron chi connectivity index (χ3n) is 2.98. The summed E-state index contributed by atoms with van der Waals surface area (Å²) in [6, 6.07) is 12.7. The van der Waals surface area contributed by atoms with Gasteiger partial charge in [-0.1, -0.05) is 24.3 Å². The zero-order valence-electron chi connectivity index (χ0n) is 11.5. The van der Waals surface area contributed by atoms with Crippen molar-refractivity contribution < 1.29 is 9.66 Å². The molecule has 0 aliphatic rings. The normalized spacial score (nSPS) is 10.4. The second-order valence-corrected chi connectivity index (χ2v) is 5.38. The molecule has 0 saturated carbocycles. The van der Waals surface area contributed by atoms with Gasteiger partial charge in [0, 0.05) is 30.3 Å². The zero-order chi connectivity index (χ0) is 15.2. The minimum atomic E-state index is -0.406. The smallest absolute Gasteiger partial charge is 0.271 e. The highest BCUT2D eigenvalue weighted by molar-refractivity contribution is 9.10. The van der Waals surface area contributed by atoms with Gasteiger partial charge in [-0.05, 0) is 33.1 Å². The maximum Gasteiger partial charge on any atom is 0.271 e. The molecule has 0 fully saturated rings. The Labute approximate surface area is 131 Å². The van der Waals surface area contributed by atoms with Crippen LogP contribution in [0.4, 0.5) is 11.4 Å². The van der Waals surface area contributed by atoms with Crippen LogP contribution in [0.5, 0.6) is 0 Å². The molecule has 0 amide bonds. The fourth-order valence-electron chi connectivity index (χ4n) is 1.88. The Morgan fingerprint density at radius 3 is 2.48 bits per heavy atom. The van der Waals surface area contributed by atoms with Crippen LogP contribution in [0.1, 0.15) is 11.1 Å². The van der Waals surface area contributed by atoms with Crippen LogP contribution in [0.25, 0.3) is 0 Å². The topological polar surface area (TPSA) is 64.4 Å². The maximum absolute atomic E-state index is 10.8. The van der Waals surface area contributed by atoms with Crippen LogP contribution in [-0.2, 0) is 17.9 Å². The molecule has 0 unspecified atom stereocenters. The van der Waals surface area contributed by atoms with E-state index in [9.17, 15) is 10.1 Å². The summed E-state index contributed by atoms with van der Waals surface area (Å²) in [7, 11) is 1.66. The van der Waals surface area contributed by atoms with E-state index >= 15 is 0 Å². The number of rotatable bonds is 6. The van der Waals surface area contributed by atoms with Gasteiger partial charge in [0.05, 0.1) is 17.2 Å². The monoisotopic (exact) mass is 350 g/mol. The quantitative estimate of drug-likeness (QED) is 0.628. The zero-order valence-corrected chi connectivity index (χ0v) is 13.1. The molecule has 0 aliphatic heterocycles. The van der Waals surface area contributed by atoms with Gasteiger partial charge in [-0.25, -0.2) is 0 Å². The molecule has 2 aromatic rings. The van der Waals surface area contributed by atoms with Gasteiger partial charge in [-0.2, -0.15) is 0 Å². The van der Waals surface area contributed by atoms with Gasteiger partial charge in [-0.15, -0.1) is 0 Å². The molecule has 0 heterocycles. The molecule has 1 N–H and O–H groups in total. The van der Waals surface area contributed by atoms with Crippen molar-refractivity contribution in [2.75, 3.05) is 12.4 Å². The molecule has 21 heavy (non-hydrogen) atoms. The standard InChI is InChI=1S/C15H15BrN2O3/c1-21-10-12-4-2-11(3-5-12)9-17-15-8-13(18(19)20)6-7-14(15)16/h2-8,17H,9-10H2,1H3. The Balaban J connectivity index is 2.05. The Bertz CT molecular complexity index is 629. The second kappa shape index (κ2) is 7.19. The van der Waals surface area contributed by atoms with E-state index in [0.717, 1.165) is 15.6 Å². The third-order valence-corrected chi connectivity index (χ3v) is 3.67. The van der Waals surface area contributed by atoms with Gasteiger partial charge in [0.15, 0.2) is 0 Å². The number of nitro benzene ring substituents is 1. The van der Waals surface area contributed by atoms with E-state index < -0.39 is 4.92 Å². The molecule has 5 nitrogen and oxygen atoms in total. The van der Waals surface area contributed by atoms with Crippen molar-refractivity contribution in [3.63, 3.8) is 0 Å². The largest absolute Gasteiger partial charge is 0.380 e. The summed E-state index contributed by atoms with van der Waals surface area (Å²) in [5, 5.41) is 14.0. The van der Waals surface area contributed by atoms with E-state index in [1.54, 1.807) is 13.2 Å². The lowest BCUT2D eigenvalue weighted by atomic mass is 10.1. The van der Waals surface area contributed by atoms with E-state index in [0.29, 0.717) is 18.8 Å². The predicted octanol–water partition coefficient (Wildman–Crippen LogP) is 4.12. The van der Waals surface area contributed by atoms with Crippen LogP contribution in [0.15, 0.2) is 46.9 Å². The number of hydrogen-bond acceptors (Lipinski definition) is 4. The molecule has 0 radical (unpaired) electrons. The van der Waals surface area contributed by atoms with Gasteiger partial charge in [0.25, 0.3) is 5.69 Å².